The monoisotopic (exact) mass is 312 g/mol. The van der Waals surface area contributed by atoms with Gasteiger partial charge in [0.25, 0.3) is 5.91 Å². The van der Waals surface area contributed by atoms with Crippen molar-refractivity contribution in [1.82, 2.24) is 25.0 Å². The van der Waals surface area contributed by atoms with E-state index >= 15 is 0 Å². The molecule has 8 nitrogen and oxygen atoms in total. The van der Waals surface area contributed by atoms with Crippen LogP contribution in [0, 0.1) is 6.92 Å². The Labute approximate surface area is 132 Å². The molecule has 0 aromatic carbocycles. The van der Waals surface area contributed by atoms with E-state index < -0.39 is 0 Å². The van der Waals surface area contributed by atoms with Crippen molar-refractivity contribution in [1.29, 1.82) is 0 Å². The minimum atomic E-state index is -0.264. The molecule has 0 unspecified atom stereocenters. The molecule has 3 rings (SSSR count). The first-order valence-corrected chi connectivity index (χ1v) is 7.13. The summed E-state index contributed by atoms with van der Waals surface area (Å²) >= 11 is 0. The summed E-state index contributed by atoms with van der Waals surface area (Å²) < 4.78 is 6.75. The SMILES string of the molecule is Cc1cc(C(=O)NCCNc2cc(-n3cccc3)ncn2)no1. The fourth-order valence-electron chi connectivity index (χ4n) is 2.00. The Morgan fingerprint density at radius 3 is 2.78 bits per heavy atom. The van der Waals surface area contributed by atoms with Gasteiger partial charge in [0.1, 0.15) is 23.7 Å². The van der Waals surface area contributed by atoms with Gasteiger partial charge in [0.2, 0.25) is 0 Å². The largest absolute Gasteiger partial charge is 0.368 e. The Hall–Kier alpha value is -3.16. The topological polar surface area (TPSA) is 97.9 Å². The molecule has 0 aliphatic heterocycles. The van der Waals surface area contributed by atoms with Gasteiger partial charge in [0, 0.05) is 37.6 Å². The molecular weight excluding hydrogens is 296 g/mol. The molecule has 118 valence electrons. The Balaban J connectivity index is 1.49. The van der Waals surface area contributed by atoms with Gasteiger partial charge in [0.05, 0.1) is 0 Å². The first kappa shape index (κ1) is 14.8. The van der Waals surface area contributed by atoms with Crippen LogP contribution in [-0.2, 0) is 0 Å². The molecule has 3 heterocycles. The normalized spacial score (nSPS) is 10.5. The Morgan fingerprint density at radius 1 is 1.22 bits per heavy atom. The third kappa shape index (κ3) is 3.73. The van der Waals surface area contributed by atoms with Gasteiger partial charge >= 0.3 is 0 Å². The van der Waals surface area contributed by atoms with Crippen LogP contribution in [0.4, 0.5) is 5.82 Å². The van der Waals surface area contributed by atoms with Gasteiger partial charge in [-0.05, 0) is 19.1 Å². The molecule has 3 aromatic heterocycles. The molecule has 0 fully saturated rings. The van der Waals surface area contributed by atoms with Gasteiger partial charge < -0.3 is 19.7 Å². The number of anilines is 1. The molecule has 8 heteroatoms. The van der Waals surface area contributed by atoms with Gasteiger partial charge in [-0.1, -0.05) is 5.16 Å². The number of hydrogen-bond donors (Lipinski definition) is 2. The number of hydrogen-bond acceptors (Lipinski definition) is 6. The van der Waals surface area contributed by atoms with E-state index in [0.717, 1.165) is 5.82 Å². The lowest BCUT2D eigenvalue weighted by Crippen LogP contribution is -2.29. The molecule has 0 atom stereocenters. The number of aryl methyl sites for hydroxylation is 1. The average molecular weight is 312 g/mol. The maximum atomic E-state index is 11.8. The first-order valence-electron chi connectivity index (χ1n) is 7.13. The number of amides is 1. The number of rotatable bonds is 6. The summed E-state index contributed by atoms with van der Waals surface area (Å²) in [6.45, 7) is 2.71. The van der Waals surface area contributed by atoms with E-state index in [1.165, 1.54) is 6.33 Å². The van der Waals surface area contributed by atoms with Gasteiger partial charge in [-0.25, -0.2) is 9.97 Å². The molecule has 0 saturated carbocycles. The van der Waals surface area contributed by atoms with Crippen LogP contribution in [0.15, 0.2) is 47.5 Å². The van der Waals surface area contributed by atoms with Crippen molar-refractivity contribution in [2.24, 2.45) is 0 Å². The third-order valence-corrected chi connectivity index (χ3v) is 3.10. The molecule has 0 aliphatic rings. The minimum Gasteiger partial charge on any atom is -0.368 e. The molecule has 0 spiro atoms. The van der Waals surface area contributed by atoms with Crippen molar-refractivity contribution in [3.05, 3.63) is 54.4 Å². The van der Waals surface area contributed by atoms with E-state index in [1.807, 2.05) is 35.2 Å². The van der Waals surface area contributed by atoms with E-state index in [-0.39, 0.29) is 11.6 Å². The van der Waals surface area contributed by atoms with E-state index in [4.69, 9.17) is 4.52 Å². The summed E-state index contributed by atoms with van der Waals surface area (Å²) in [4.78, 5) is 20.1. The van der Waals surface area contributed by atoms with E-state index in [2.05, 4.69) is 25.8 Å². The number of nitrogens with zero attached hydrogens (tertiary/aromatic N) is 4. The van der Waals surface area contributed by atoms with E-state index in [1.54, 1.807) is 13.0 Å². The highest BCUT2D eigenvalue weighted by Gasteiger charge is 2.09. The number of nitrogens with one attached hydrogen (secondary N) is 2. The van der Waals surface area contributed by atoms with Crippen molar-refractivity contribution in [3.8, 4) is 5.82 Å². The fraction of sp³-hybridized carbons (Fsp3) is 0.200. The maximum absolute atomic E-state index is 11.8. The Morgan fingerprint density at radius 2 is 2.04 bits per heavy atom. The molecule has 0 bridgehead atoms. The molecule has 0 saturated heterocycles. The highest BCUT2D eigenvalue weighted by atomic mass is 16.5. The summed E-state index contributed by atoms with van der Waals surface area (Å²) in [6.07, 6.45) is 5.31. The van der Waals surface area contributed by atoms with Crippen LogP contribution in [0.5, 0.6) is 0 Å². The van der Waals surface area contributed by atoms with E-state index in [0.29, 0.717) is 24.7 Å². The number of carbonyl (C=O) groups is 1. The summed E-state index contributed by atoms with van der Waals surface area (Å²) in [7, 11) is 0. The van der Waals surface area contributed by atoms with Crippen LogP contribution in [0.2, 0.25) is 0 Å². The van der Waals surface area contributed by atoms with Gasteiger partial charge in [-0.15, -0.1) is 0 Å². The minimum absolute atomic E-state index is 0.264. The van der Waals surface area contributed by atoms with Gasteiger partial charge in [0.15, 0.2) is 5.69 Å². The fourth-order valence-corrected chi connectivity index (χ4v) is 2.00. The number of carbonyl (C=O) groups excluding carboxylic acids is 1. The van der Waals surface area contributed by atoms with Gasteiger partial charge in [-0.3, -0.25) is 4.79 Å². The average Bonchev–Trinajstić information content (AvgIpc) is 3.23. The molecule has 1 amide bonds. The van der Waals surface area contributed by atoms with Crippen LogP contribution in [0.25, 0.3) is 5.82 Å². The summed E-state index contributed by atoms with van der Waals surface area (Å²) in [5.74, 6) is 1.80. The molecule has 0 radical (unpaired) electrons. The zero-order chi connectivity index (χ0) is 16.1. The molecule has 2 N–H and O–H groups in total. The molecule has 0 aliphatic carbocycles. The van der Waals surface area contributed by atoms with Crippen molar-refractivity contribution in [2.75, 3.05) is 18.4 Å². The van der Waals surface area contributed by atoms with Crippen LogP contribution in [0.3, 0.4) is 0 Å². The first-order chi connectivity index (χ1) is 11.2. The zero-order valence-electron chi connectivity index (χ0n) is 12.6. The van der Waals surface area contributed by atoms with Crippen molar-refractivity contribution >= 4 is 11.7 Å². The van der Waals surface area contributed by atoms with Gasteiger partial charge in [-0.2, -0.15) is 0 Å². The molecular formula is C15H16N6O2. The second kappa shape index (κ2) is 6.73. The highest BCUT2D eigenvalue weighted by Crippen LogP contribution is 2.08. The van der Waals surface area contributed by atoms with E-state index in [9.17, 15) is 4.79 Å². The molecule has 3 aromatic rings. The molecule has 23 heavy (non-hydrogen) atoms. The summed E-state index contributed by atoms with van der Waals surface area (Å²) in [6, 6.07) is 7.28. The second-order valence-corrected chi connectivity index (χ2v) is 4.86. The highest BCUT2D eigenvalue weighted by molar-refractivity contribution is 5.92. The van der Waals surface area contributed by atoms with Crippen LogP contribution < -0.4 is 10.6 Å². The lowest BCUT2D eigenvalue weighted by Gasteiger charge is -2.08. The van der Waals surface area contributed by atoms with Crippen LogP contribution in [0.1, 0.15) is 16.2 Å². The van der Waals surface area contributed by atoms with Crippen LogP contribution >= 0.6 is 0 Å². The second-order valence-electron chi connectivity index (χ2n) is 4.86. The standard InChI is InChI=1S/C15H16N6O2/c1-11-8-12(20-23-11)15(22)17-5-4-16-13-9-14(19-10-18-13)21-6-2-3-7-21/h2-3,6-10H,4-5H2,1H3,(H,17,22)(H,16,18,19). The van der Waals surface area contributed by atoms with Crippen molar-refractivity contribution in [3.63, 3.8) is 0 Å². The maximum Gasteiger partial charge on any atom is 0.273 e. The Bertz CT molecular complexity index is 781. The zero-order valence-corrected chi connectivity index (χ0v) is 12.6. The lowest BCUT2D eigenvalue weighted by molar-refractivity contribution is 0.0946. The quantitative estimate of drug-likeness (QED) is 0.668. The predicted molar refractivity (Wildman–Crippen MR) is 83.4 cm³/mol. The summed E-state index contributed by atoms with van der Waals surface area (Å²) in [5, 5.41) is 9.55. The number of aromatic nitrogens is 4. The summed E-state index contributed by atoms with van der Waals surface area (Å²) in [5.41, 5.74) is 0.277. The smallest absolute Gasteiger partial charge is 0.273 e. The third-order valence-electron chi connectivity index (χ3n) is 3.10. The van der Waals surface area contributed by atoms with Crippen LogP contribution in [-0.4, -0.2) is 38.7 Å². The lowest BCUT2D eigenvalue weighted by atomic mass is 10.3. The predicted octanol–water partition coefficient (Wildman–Crippen LogP) is 1.41. The van der Waals surface area contributed by atoms with Crippen molar-refractivity contribution < 1.29 is 9.32 Å². The Kier molecular flexibility index (Phi) is 4.32. The van der Waals surface area contributed by atoms with Crippen molar-refractivity contribution in [2.45, 2.75) is 6.92 Å².